The van der Waals surface area contributed by atoms with Crippen LogP contribution in [0.5, 0.6) is 0 Å². The number of anilines is 1. The van der Waals surface area contributed by atoms with Gasteiger partial charge in [0.1, 0.15) is 0 Å². The average Bonchev–Trinajstić information content (AvgIpc) is 3.12. The van der Waals surface area contributed by atoms with E-state index in [1.807, 2.05) is 23.6 Å². The second kappa shape index (κ2) is 8.24. The third-order valence-electron chi connectivity index (χ3n) is 3.23. The van der Waals surface area contributed by atoms with Crippen molar-refractivity contribution in [2.45, 2.75) is 12.8 Å². The molecular formula is C17H17NO4S. The first-order valence-electron chi connectivity index (χ1n) is 7.12. The molecule has 120 valence electrons. The minimum Gasteiger partial charge on any atom is -0.456 e. The van der Waals surface area contributed by atoms with Crippen molar-refractivity contribution in [3.05, 3.63) is 52.7 Å². The fourth-order valence-electron chi connectivity index (χ4n) is 1.88. The Kier molecular flexibility index (Phi) is 6.05. The number of benzene rings is 1. The summed E-state index contributed by atoms with van der Waals surface area (Å²) in [6.07, 6.45) is 0.0567. The van der Waals surface area contributed by atoms with Gasteiger partial charge in [0.25, 0.3) is 5.91 Å². The molecule has 0 saturated heterocycles. The van der Waals surface area contributed by atoms with E-state index in [1.54, 1.807) is 31.3 Å². The van der Waals surface area contributed by atoms with Gasteiger partial charge in [0, 0.05) is 19.2 Å². The number of esters is 1. The largest absolute Gasteiger partial charge is 0.456 e. The molecule has 0 aliphatic heterocycles. The number of ketones is 1. The zero-order chi connectivity index (χ0) is 16.7. The summed E-state index contributed by atoms with van der Waals surface area (Å²) < 4.78 is 4.94. The minimum absolute atomic E-state index is 0.0287. The first kappa shape index (κ1) is 16.9. The number of Topliss-reactive ketones (excluding diaryl/α,β-unsaturated/α-hetero) is 1. The Morgan fingerprint density at radius 3 is 2.43 bits per heavy atom. The van der Waals surface area contributed by atoms with Gasteiger partial charge in [0.2, 0.25) is 0 Å². The molecule has 1 amide bonds. The number of thiophene rings is 1. The van der Waals surface area contributed by atoms with Gasteiger partial charge in [-0.05, 0) is 23.6 Å². The second-order valence-corrected chi connectivity index (χ2v) is 5.80. The smallest absolute Gasteiger partial charge is 0.306 e. The Bertz CT molecular complexity index is 667. The van der Waals surface area contributed by atoms with Crippen LogP contribution in [0.15, 0.2) is 47.8 Å². The Labute approximate surface area is 138 Å². The highest BCUT2D eigenvalue weighted by Gasteiger charge is 2.15. The standard InChI is InChI=1S/C17H17NO4S/c1-18(13-6-3-2-4-7-13)16(20)12-22-17(21)10-9-14(19)15-8-5-11-23-15/h2-8,11H,9-10,12H2,1H3. The average molecular weight is 331 g/mol. The van der Waals surface area contributed by atoms with Crippen LogP contribution >= 0.6 is 11.3 Å². The van der Waals surface area contributed by atoms with Crippen LogP contribution in [-0.2, 0) is 14.3 Å². The van der Waals surface area contributed by atoms with Gasteiger partial charge in [-0.25, -0.2) is 0 Å². The number of hydrogen-bond acceptors (Lipinski definition) is 5. The fourth-order valence-corrected chi connectivity index (χ4v) is 2.58. The van der Waals surface area contributed by atoms with E-state index in [0.29, 0.717) is 4.88 Å². The number of likely N-dealkylation sites (N-methyl/N-ethyl adjacent to an activating group) is 1. The lowest BCUT2D eigenvalue weighted by Gasteiger charge is -2.17. The van der Waals surface area contributed by atoms with Gasteiger partial charge in [-0.3, -0.25) is 14.4 Å². The molecule has 0 N–H and O–H groups in total. The van der Waals surface area contributed by atoms with Crippen LogP contribution in [0.2, 0.25) is 0 Å². The van der Waals surface area contributed by atoms with Gasteiger partial charge in [-0.2, -0.15) is 0 Å². The summed E-state index contributed by atoms with van der Waals surface area (Å²) in [6.45, 7) is -0.336. The van der Waals surface area contributed by atoms with Crippen LogP contribution in [0.4, 0.5) is 5.69 Å². The van der Waals surface area contributed by atoms with E-state index in [0.717, 1.165) is 5.69 Å². The molecule has 0 radical (unpaired) electrons. The number of nitrogens with zero attached hydrogens (tertiary/aromatic N) is 1. The fraction of sp³-hybridized carbons (Fsp3) is 0.235. The highest BCUT2D eigenvalue weighted by Crippen LogP contribution is 2.13. The maximum Gasteiger partial charge on any atom is 0.306 e. The molecule has 0 spiro atoms. The number of carbonyl (C=O) groups excluding carboxylic acids is 3. The molecule has 2 aromatic rings. The lowest BCUT2D eigenvalue weighted by atomic mass is 10.2. The summed E-state index contributed by atoms with van der Waals surface area (Å²) >= 11 is 1.34. The maximum atomic E-state index is 12.0. The number of para-hydroxylation sites is 1. The van der Waals surface area contributed by atoms with Crippen molar-refractivity contribution in [2.75, 3.05) is 18.6 Å². The van der Waals surface area contributed by atoms with Crippen molar-refractivity contribution in [1.29, 1.82) is 0 Å². The monoisotopic (exact) mass is 331 g/mol. The molecule has 1 aromatic heterocycles. The van der Waals surface area contributed by atoms with E-state index >= 15 is 0 Å². The second-order valence-electron chi connectivity index (χ2n) is 4.85. The minimum atomic E-state index is -0.551. The molecule has 0 aliphatic carbocycles. The predicted octanol–water partition coefficient (Wildman–Crippen LogP) is 2.92. The van der Waals surface area contributed by atoms with E-state index in [9.17, 15) is 14.4 Å². The zero-order valence-electron chi connectivity index (χ0n) is 12.7. The lowest BCUT2D eigenvalue weighted by molar-refractivity contribution is -0.147. The van der Waals surface area contributed by atoms with Crippen molar-refractivity contribution in [2.24, 2.45) is 0 Å². The van der Waals surface area contributed by atoms with Gasteiger partial charge in [-0.1, -0.05) is 24.3 Å². The Hall–Kier alpha value is -2.47. The summed E-state index contributed by atoms with van der Waals surface area (Å²) in [4.78, 5) is 37.4. The molecule has 0 bridgehead atoms. The third kappa shape index (κ3) is 5.03. The Morgan fingerprint density at radius 2 is 1.78 bits per heavy atom. The molecule has 0 atom stereocenters. The quantitative estimate of drug-likeness (QED) is 0.578. The summed E-state index contributed by atoms with van der Waals surface area (Å²) in [5.74, 6) is -0.969. The van der Waals surface area contributed by atoms with Crippen LogP contribution < -0.4 is 4.90 Å². The molecule has 0 aliphatic rings. The molecule has 6 heteroatoms. The summed E-state index contributed by atoms with van der Waals surface area (Å²) in [6, 6.07) is 12.6. The van der Waals surface area contributed by atoms with Crippen molar-refractivity contribution in [1.82, 2.24) is 0 Å². The van der Waals surface area contributed by atoms with Crippen LogP contribution in [-0.4, -0.2) is 31.3 Å². The first-order valence-corrected chi connectivity index (χ1v) is 8.00. The van der Waals surface area contributed by atoms with Crippen molar-refractivity contribution in [3.63, 3.8) is 0 Å². The van der Waals surface area contributed by atoms with E-state index < -0.39 is 5.97 Å². The number of rotatable bonds is 7. The molecule has 2 rings (SSSR count). The summed E-state index contributed by atoms with van der Waals surface area (Å²) in [5, 5.41) is 1.81. The van der Waals surface area contributed by atoms with E-state index in [1.165, 1.54) is 16.2 Å². The highest BCUT2D eigenvalue weighted by molar-refractivity contribution is 7.12. The lowest BCUT2D eigenvalue weighted by Crippen LogP contribution is -2.31. The van der Waals surface area contributed by atoms with Crippen molar-refractivity contribution < 1.29 is 19.1 Å². The van der Waals surface area contributed by atoms with Crippen LogP contribution in [0.25, 0.3) is 0 Å². The van der Waals surface area contributed by atoms with E-state index in [2.05, 4.69) is 0 Å². The summed E-state index contributed by atoms with van der Waals surface area (Å²) in [5.41, 5.74) is 0.724. The molecular weight excluding hydrogens is 314 g/mol. The SMILES string of the molecule is CN(C(=O)COC(=O)CCC(=O)c1cccs1)c1ccccc1. The third-order valence-corrected chi connectivity index (χ3v) is 4.14. The van der Waals surface area contributed by atoms with E-state index in [4.69, 9.17) is 4.74 Å². The Balaban J connectivity index is 1.73. The molecule has 1 heterocycles. The molecule has 0 unspecified atom stereocenters. The van der Waals surface area contributed by atoms with Gasteiger partial charge in [0.05, 0.1) is 11.3 Å². The van der Waals surface area contributed by atoms with Crippen LogP contribution in [0, 0.1) is 0 Å². The van der Waals surface area contributed by atoms with Gasteiger partial charge >= 0.3 is 5.97 Å². The number of hydrogen-bond donors (Lipinski definition) is 0. The first-order chi connectivity index (χ1) is 11.1. The highest BCUT2D eigenvalue weighted by atomic mass is 32.1. The normalized spacial score (nSPS) is 10.1. The maximum absolute atomic E-state index is 12.0. The van der Waals surface area contributed by atoms with E-state index in [-0.39, 0.29) is 31.1 Å². The molecule has 5 nitrogen and oxygen atoms in total. The zero-order valence-corrected chi connectivity index (χ0v) is 13.5. The van der Waals surface area contributed by atoms with Crippen LogP contribution in [0.3, 0.4) is 0 Å². The van der Waals surface area contributed by atoms with Crippen molar-refractivity contribution in [3.8, 4) is 0 Å². The number of carbonyl (C=O) groups is 3. The molecule has 1 aromatic carbocycles. The predicted molar refractivity (Wildman–Crippen MR) is 88.7 cm³/mol. The topological polar surface area (TPSA) is 63.7 Å². The van der Waals surface area contributed by atoms with Gasteiger partial charge < -0.3 is 9.64 Å². The molecule has 0 saturated carbocycles. The molecule has 0 fully saturated rings. The van der Waals surface area contributed by atoms with Crippen molar-refractivity contribution >= 4 is 34.7 Å². The summed E-state index contributed by atoms with van der Waals surface area (Å²) in [7, 11) is 1.62. The van der Waals surface area contributed by atoms with Crippen LogP contribution in [0.1, 0.15) is 22.5 Å². The van der Waals surface area contributed by atoms with Gasteiger partial charge in [-0.15, -0.1) is 11.3 Å². The Morgan fingerprint density at radius 1 is 1.04 bits per heavy atom. The number of ether oxygens (including phenoxy) is 1. The molecule has 23 heavy (non-hydrogen) atoms. The number of amides is 1. The van der Waals surface area contributed by atoms with Gasteiger partial charge in [0.15, 0.2) is 12.4 Å².